The van der Waals surface area contributed by atoms with Crippen LogP contribution in [0.1, 0.15) is 12.8 Å². The molecule has 1 aromatic heterocycles. The molecular weight excluding hydrogens is 344 g/mol. The molecule has 0 amide bonds. The summed E-state index contributed by atoms with van der Waals surface area (Å²) in [7, 11) is -3.70. The normalized spacial score (nSPS) is 15.9. The molecule has 1 aromatic carbocycles. The molecule has 23 heavy (non-hydrogen) atoms. The van der Waals surface area contributed by atoms with Crippen LogP contribution in [0.25, 0.3) is 0 Å². The van der Waals surface area contributed by atoms with E-state index in [1.807, 2.05) is 0 Å². The molecule has 1 fully saturated rings. The van der Waals surface area contributed by atoms with Crippen molar-refractivity contribution in [2.75, 3.05) is 0 Å². The average Bonchev–Trinajstić information content (AvgIpc) is 3.29. The van der Waals surface area contributed by atoms with E-state index in [9.17, 15) is 18.5 Å². The first-order valence-electron chi connectivity index (χ1n) is 6.65. The first kappa shape index (κ1) is 15.7. The van der Waals surface area contributed by atoms with E-state index < -0.39 is 19.7 Å². The standard InChI is InChI=1S/C14H11ClN2O5S/c15-13-11(17(18)19)6-7-12(16-13)22-14(8-9-14)23(20,21)10-4-2-1-3-5-10/h1-7H,8-9H2. The quantitative estimate of drug-likeness (QED) is 0.465. The van der Waals surface area contributed by atoms with Gasteiger partial charge < -0.3 is 4.74 Å². The van der Waals surface area contributed by atoms with Crippen LogP contribution in [0.5, 0.6) is 5.88 Å². The van der Waals surface area contributed by atoms with Gasteiger partial charge in [-0.05, 0) is 12.1 Å². The van der Waals surface area contributed by atoms with Crippen molar-refractivity contribution >= 4 is 27.1 Å². The fraction of sp³-hybridized carbons (Fsp3) is 0.214. The third-order valence-electron chi connectivity index (χ3n) is 3.49. The van der Waals surface area contributed by atoms with Gasteiger partial charge >= 0.3 is 5.69 Å². The molecule has 0 radical (unpaired) electrons. The summed E-state index contributed by atoms with van der Waals surface area (Å²) in [6.45, 7) is 0. The van der Waals surface area contributed by atoms with Gasteiger partial charge in [0.25, 0.3) is 0 Å². The van der Waals surface area contributed by atoms with Crippen LogP contribution in [0.3, 0.4) is 0 Å². The molecule has 2 aromatic rings. The summed E-state index contributed by atoms with van der Waals surface area (Å²) >= 11 is 5.72. The van der Waals surface area contributed by atoms with Gasteiger partial charge in [0.1, 0.15) is 0 Å². The van der Waals surface area contributed by atoms with Gasteiger partial charge in [-0.15, -0.1) is 0 Å². The molecule has 0 aliphatic heterocycles. The first-order valence-corrected chi connectivity index (χ1v) is 8.51. The van der Waals surface area contributed by atoms with Gasteiger partial charge in [-0.1, -0.05) is 29.8 Å². The number of sulfone groups is 1. The van der Waals surface area contributed by atoms with E-state index >= 15 is 0 Å². The Hall–Kier alpha value is -2.19. The van der Waals surface area contributed by atoms with Crippen LogP contribution in [0, 0.1) is 10.1 Å². The third-order valence-corrected chi connectivity index (χ3v) is 6.13. The van der Waals surface area contributed by atoms with Gasteiger partial charge in [-0.3, -0.25) is 10.1 Å². The van der Waals surface area contributed by atoms with Crippen LogP contribution >= 0.6 is 11.6 Å². The topological polar surface area (TPSA) is 99.4 Å². The second-order valence-corrected chi connectivity index (χ2v) is 7.63. The predicted octanol–water partition coefficient (Wildman–Crippen LogP) is 2.99. The second-order valence-electron chi connectivity index (χ2n) is 5.05. The molecule has 1 saturated carbocycles. The summed E-state index contributed by atoms with van der Waals surface area (Å²) in [5.74, 6) is -0.0578. The summed E-state index contributed by atoms with van der Waals surface area (Å²) in [6.07, 6.45) is 0.640. The highest BCUT2D eigenvalue weighted by Crippen LogP contribution is 2.47. The molecule has 7 nitrogen and oxygen atoms in total. The summed E-state index contributed by atoms with van der Waals surface area (Å²) in [5, 5.41) is 10.4. The summed E-state index contributed by atoms with van der Waals surface area (Å²) in [6, 6.07) is 10.3. The summed E-state index contributed by atoms with van der Waals surface area (Å²) in [4.78, 5) is 12.6. The Morgan fingerprint density at radius 3 is 2.35 bits per heavy atom. The molecule has 3 rings (SSSR count). The third kappa shape index (κ3) is 2.75. The van der Waals surface area contributed by atoms with Crippen LogP contribution in [0.4, 0.5) is 5.69 Å². The van der Waals surface area contributed by atoms with Crippen LogP contribution < -0.4 is 4.74 Å². The summed E-state index contributed by atoms with van der Waals surface area (Å²) < 4.78 is 30.9. The van der Waals surface area contributed by atoms with E-state index in [1.165, 1.54) is 18.2 Å². The van der Waals surface area contributed by atoms with Gasteiger partial charge in [-0.2, -0.15) is 4.98 Å². The first-order chi connectivity index (χ1) is 10.9. The minimum absolute atomic E-state index is 0.0578. The lowest BCUT2D eigenvalue weighted by atomic mass is 10.4. The maximum absolute atomic E-state index is 12.7. The number of pyridine rings is 1. The molecule has 9 heteroatoms. The zero-order valence-electron chi connectivity index (χ0n) is 11.7. The number of hydrogen-bond acceptors (Lipinski definition) is 6. The molecule has 1 heterocycles. The highest BCUT2D eigenvalue weighted by molar-refractivity contribution is 7.93. The number of nitro groups is 1. The molecule has 120 valence electrons. The van der Waals surface area contributed by atoms with E-state index in [0.29, 0.717) is 12.8 Å². The van der Waals surface area contributed by atoms with E-state index in [1.54, 1.807) is 18.2 Å². The van der Waals surface area contributed by atoms with E-state index in [4.69, 9.17) is 16.3 Å². The highest BCUT2D eigenvalue weighted by atomic mass is 35.5. The Morgan fingerprint density at radius 2 is 1.83 bits per heavy atom. The fourth-order valence-electron chi connectivity index (χ4n) is 2.14. The highest BCUT2D eigenvalue weighted by Gasteiger charge is 2.58. The second kappa shape index (κ2) is 5.47. The van der Waals surface area contributed by atoms with Gasteiger partial charge in [0.15, 0.2) is 0 Å². The maximum atomic E-state index is 12.7. The van der Waals surface area contributed by atoms with E-state index in [2.05, 4.69) is 4.98 Å². The smallest absolute Gasteiger partial charge is 0.306 e. The van der Waals surface area contributed by atoms with Crippen LogP contribution in [0.15, 0.2) is 47.4 Å². The Balaban J connectivity index is 1.91. The largest absolute Gasteiger partial charge is 0.454 e. The lowest BCUT2D eigenvalue weighted by Gasteiger charge is -2.18. The number of rotatable bonds is 5. The molecule has 0 N–H and O–H groups in total. The Morgan fingerprint density at radius 1 is 1.17 bits per heavy atom. The van der Waals surface area contributed by atoms with Crippen molar-refractivity contribution in [3.63, 3.8) is 0 Å². The molecular formula is C14H11ClN2O5S. The van der Waals surface area contributed by atoms with Crippen molar-refractivity contribution in [1.29, 1.82) is 0 Å². The Bertz CT molecular complexity index is 866. The molecule has 1 aliphatic carbocycles. The van der Waals surface area contributed by atoms with Crippen LogP contribution in [-0.2, 0) is 9.84 Å². The summed E-state index contributed by atoms with van der Waals surface area (Å²) in [5.41, 5.74) is -0.366. The van der Waals surface area contributed by atoms with Crippen molar-refractivity contribution in [2.45, 2.75) is 22.7 Å². The molecule has 1 aliphatic rings. The van der Waals surface area contributed by atoms with Crippen molar-refractivity contribution in [3.8, 4) is 5.88 Å². The number of ether oxygens (including phenoxy) is 1. The van der Waals surface area contributed by atoms with Crippen molar-refractivity contribution in [3.05, 3.63) is 57.7 Å². The number of hydrogen-bond donors (Lipinski definition) is 0. The molecule has 0 bridgehead atoms. The van der Waals surface area contributed by atoms with Crippen LogP contribution in [0.2, 0.25) is 5.15 Å². The zero-order valence-corrected chi connectivity index (χ0v) is 13.2. The minimum Gasteiger partial charge on any atom is -0.454 e. The van der Waals surface area contributed by atoms with Gasteiger partial charge in [0, 0.05) is 25.0 Å². The van der Waals surface area contributed by atoms with Crippen molar-refractivity contribution in [1.82, 2.24) is 4.98 Å². The molecule has 0 saturated heterocycles. The SMILES string of the molecule is O=[N+]([O-])c1ccc(OC2(S(=O)(=O)c3ccccc3)CC2)nc1Cl. The molecule has 0 spiro atoms. The lowest BCUT2D eigenvalue weighted by molar-refractivity contribution is -0.385. The molecule has 0 unspecified atom stereocenters. The van der Waals surface area contributed by atoms with Gasteiger partial charge in [0.2, 0.25) is 25.8 Å². The Labute approximate surface area is 136 Å². The average molecular weight is 355 g/mol. The van der Waals surface area contributed by atoms with Crippen molar-refractivity contribution in [2.24, 2.45) is 0 Å². The van der Waals surface area contributed by atoms with Crippen molar-refractivity contribution < 1.29 is 18.1 Å². The predicted molar refractivity (Wildman–Crippen MR) is 82.1 cm³/mol. The monoisotopic (exact) mass is 354 g/mol. The van der Waals surface area contributed by atoms with Gasteiger partial charge in [0.05, 0.1) is 9.82 Å². The number of halogens is 1. The maximum Gasteiger partial charge on any atom is 0.306 e. The molecule has 0 atom stereocenters. The lowest BCUT2D eigenvalue weighted by Crippen LogP contribution is -2.30. The minimum atomic E-state index is -3.70. The fourth-order valence-corrected chi connectivity index (χ4v) is 4.13. The Kier molecular flexibility index (Phi) is 3.73. The van der Waals surface area contributed by atoms with E-state index in [0.717, 1.165) is 6.07 Å². The van der Waals surface area contributed by atoms with Crippen LogP contribution in [-0.4, -0.2) is 23.3 Å². The van der Waals surface area contributed by atoms with E-state index in [-0.39, 0.29) is 21.6 Å². The zero-order chi connectivity index (χ0) is 16.7. The number of aromatic nitrogens is 1. The number of benzene rings is 1. The number of nitrogens with zero attached hydrogens (tertiary/aromatic N) is 2. The van der Waals surface area contributed by atoms with Gasteiger partial charge in [-0.25, -0.2) is 8.42 Å².